The molecule has 1 heterocycles. The van der Waals surface area contributed by atoms with Crippen molar-refractivity contribution in [1.29, 1.82) is 0 Å². The van der Waals surface area contributed by atoms with Crippen molar-refractivity contribution >= 4 is 11.7 Å². The molecular weight excluding hydrogens is 209 g/mol. The van der Waals surface area contributed by atoms with Crippen molar-refractivity contribution in [2.75, 3.05) is 13.2 Å². The number of hydrogen-bond donors (Lipinski definition) is 0. The minimum Gasteiger partial charge on any atom is -0.479 e. The van der Waals surface area contributed by atoms with Crippen molar-refractivity contribution in [1.82, 2.24) is 0 Å². The number of aliphatic imine (C=N–C) groups is 1. The zero-order valence-electron chi connectivity index (χ0n) is 9.00. The summed E-state index contributed by atoms with van der Waals surface area (Å²) in [5.74, 6) is 0.0849. The lowest BCUT2D eigenvalue weighted by Gasteiger charge is -2.03. The number of nitrogens with zero attached hydrogens (tertiary/aromatic N) is 1. The number of halogens is 1. The molecule has 1 aliphatic heterocycles. The molecule has 1 aromatic rings. The Morgan fingerprint density at radius 3 is 3.00 bits per heavy atom. The van der Waals surface area contributed by atoms with Gasteiger partial charge in [-0.25, -0.2) is 4.39 Å². The number of rotatable bonds is 3. The second kappa shape index (κ2) is 4.43. The molecule has 0 amide bonds. The van der Waals surface area contributed by atoms with Crippen molar-refractivity contribution in [3.63, 3.8) is 0 Å². The molecule has 0 radical (unpaired) electrons. The maximum Gasteiger partial charge on any atom is 0.191 e. The predicted molar refractivity (Wildman–Crippen MR) is 58.3 cm³/mol. The highest BCUT2D eigenvalue weighted by Gasteiger charge is 2.14. The quantitative estimate of drug-likeness (QED) is 0.733. The van der Waals surface area contributed by atoms with Crippen LogP contribution in [-0.2, 0) is 4.74 Å². The zero-order valence-corrected chi connectivity index (χ0v) is 9.00. The number of Topliss-reactive ketones (excluding diaryl/α,β-unsaturated/α-hetero) is 1. The summed E-state index contributed by atoms with van der Waals surface area (Å²) in [5.41, 5.74) is 0.970. The summed E-state index contributed by atoms with van der Waals surface area (Å²) in [6, 6.07) is 4.34. The molecule has 0 atom stereocenters. The Labute approximate surface area is 93.0 Å². The third-order valence-corrected chi connectivity index (χ3v) is 2.44. The third-order valence-electron chi connectivity index (χ3n) is 2.44. The molecule has 0 unspecified atom stereocenters. The van der Waals surface area contributed by atoms with Crippen molar-refractivity contribution < 1.29 is 13.9 Å². The first-order valence-electron chi connectivity index (χ1n) is 5.12. The van der Waals surface area contributed by atoms with E-state index in [0.717, 1.165) is 0 Å². The average molecular weight is 221 g/mol. The van der Waals surface area contributed by atoms with Gasteiger partial charge in [-0.05, 0) is 30.7 Å². The van der Waals surface area contributed by atoms with Crippen LogP contribution in [0.3, 0.4) is 0 Å². The van der Waals surface area contributed by atoms with E-state index in [-0.39, 0.29) is 18.0 Å². The maximum absolute atomic E-state index is 13.0. The van der Waals surface area contributed by atoms with Crippen molar-refractivity contribution in [2.45, 2.75) is 13.3 Å². The molecule has 1 aromatic carbocycles. The second-order valence-corrected chi connectivity index (χ2v) is 3.69. The molecule has 0 fully saturated rings. The zero-order chi connectivity index (χ0) is 11.5. The van der Waals surface area contributed by atoms with Crippen molar-refractivity contribution in [2.24, 2.45) is 4.99 Å². The first kappa shape index (κ1) is 10.8. The van der Waals surface area contributed by atoms with Crippen LogP contribution in [0.25, 0.3) is 0 Å². The number of carbonyl (C=O) groups is 1. The van der Waals surface area contributed by atoms with E-state index in [4.69, 9.17) is 4.74 Å². The van der Waals surface area contributed by atoms with E-state index in [0.29, 0.717) is 30.2 Å². The van der Waals surface area contributed by atoms with Crippen LogP contribution in [-0.4, -0.2) is 24.8 Å². The summed E-state index contributed by atoms with van der Waals surface area (Å²) in [7, 11) is 0. The van der Waals surface area contributed by atoms with Gasteiger partial charge in [0, 0.05) is 5.56 Å². The number of aryl methyl sites for hydroxylation is 1. The Morgan fingerprint density at radius 1 is 1.56 bits per heavy atom. The number of ether oxygens (including phenoxy) is 1. The van der Waals surface area contributed by atoms with Crippen LogP contribution in [0.4, 0.5) is 4.39 Å². The van der Waals surface area contributed by atoms with Gasteiger partial charge in [-0.2, -0.15) is 0 Å². The first-order chi connectivity index (χ1) is 7.66. The van der Waals surface area contributed by atoms with Crippen molar-refractivity contribution in [3.8, 4) is 0 Å². The maximum atomic E-state index is 13.0. The van der Waals surface area contributed by atoms with Crippen LogP contribution < -0.4 is 0 Å². The van der Waals surface area contributed by atoms with Crippen LogP contribution in [0, 0.1) is 12.7 Å². The molecule has 1 aliphatic rings. The lowest BCUT2D eigenvalue weighted by molar-refractivity contribution is 0.0994. The number of carbonyl (C=O) groups excluding carboxylic acids is 1. The van der Waals surface area contributed by atoms with Gasteiger partial charge in [0.2, 0.25) is 0 Å². The van der Waals surface area contributed by atoms with Gasteiger partial charge in [-0.1, -0.05) is 0 Å². The lowest BCUT2D eigenvalue weighted by Crippen LogP contribution is -2.09. The fourth-order valence-corrected chi connectivity index (χ4v) is 1.54. The average Bonchev–Trinajstić information content (AvgIpc) is 2.74. The molecule has 2 rings (SSSR count). The van der Waals surface area contributed by atoms with Gasteiger partial charge >= 0.3 is 0 Å². The number of benzene rings is 1. The van der Waals surface area contributed by atoms with Gasteiger partial charge in [-0.3, -0.25) is 9.79 Å². The highest BCUT2D eigenvalue weighted by molar-refractivity contribution is 6.07. The van der Waals surface area contributed by atoms with Crippen LogP contribution in [0.2, 0.25) is 0 Å². The molecule has 0 aliphatic carbocycles. The van der Waals surface area contributed by atoms with E-state index in [9.17, 15) is 9.18 Å². The Kier molecular flexibility index (Phi) is 2.99. The summed E-state index contributed by atoms with van der Waals surface area (Å²) >= 11 is 0. The largest absolute Gasteiger partial charge is 0.479 e. The fraction of sp³-hybridized carbons (Fsp3) is 0.333. The van der Waals surface area contributed by atoms with Gasteiger partial charge in [0.05, 0.1) is 13.0 Å². The Balaban J connectivity index is 2.11. The molecule has 0 spiro atoms. The van der Waals surface area contributed by atoms with Crippen LogP contribution in [0.15, 0.2) is 23.2 Å². The van der Waals surface area contributed by atoms with Gasteiger partial charge in [-0.15, -0.1) is 0 Å². The first-order valence-corrected chi connectivity index (χ1v) is 5.12. The van der Waals surface area contributed by atoms with Gasteiger partial charge in [0.1, 0.15) is 12.4 Å². The molecule has 0 saturated carbocycles. The highest BCUT2D eigenvalue weighted by atomic mass is 19.1. The van der Waals surface area contributed by atoms with E-state index in [1.807, 2.05) is 0 Å². The molecule has 0 saturated heterocycles. The van der Waals surface area contributed by atoms with Gasteiger partial charge in [0.25, 0.3) is 0 Å². The van der Waals surface area contributed by atoms with Gasteiger partial charge in [0.15, 0.2) is 11.7 Å². The third kappa shape index (κ3) is 2.27. The molecule has 3 nitrogen and oxygen atoms in total. The van der Waals surface area contributed by atoms with E-state index in [2.05, 4.69) is 4.99 Å². The predicted octanol–water partition coefficient (Wildman–Crippen LogP) is 2.14. The second-order valence-electron chi connectivity index (χ2n) is 3.69. The standard InChI is InChI=1S/C12H12FNO2/c1-8-6-9(2-3-10(8)13)11(15)7-12-14-4-5-16-12/h2-3,6H,4-5,7H2,1H3. The monoisotopic (exact) mass is 221 g/mol. The topological polar surface area (TPSA) is 38.7 Å². The fourth-order valence-electron chi connectivity index (χ4n) is 1.54. The molecule has 4 heteroatoms. The van der Waals surface area contributed by atoms with E-state index < -0.39 is 0 Å². The van der Waals surface area contributed by atoms with Crippen LogP contribution in [0.5, 0.6) is 0 Å². The smallest absolute Gasteiger partial charge is 0.191 e. The Bertz CT molecular complexity index is 454. The minimum atomic E-state index is -0.300. The molecule has 16 heavy (non-hydrogen) atoms. The lowest BCUT2D eigenvalue weighted by atomic mass is 10.1. The van der Waals surface area contributed by atoms with Crippen molar-refractivity contribution in [3.05, 3.63) is 35.1 Å². The number of ketones is 1. The molecule has 0 aromatic heterocycles. The summed E-state index contributed by atoms with van der Waals surface area (Å²) < 4.78 is 18.2. The molecular formula is C12H12FNO2. The summed E-state index contributed by atoms with van der Waals surface area (Å²) in [6.07, 6.45) is 0.158. The van der Waals surface area contributed by atoms with Crippen LogP contribution >= 0.6 is 0 Å². The summed E-state index contributed by atoms with van der Waals surface area (Å²) in [6.45, 7) is 2.80. The Hall–Kier alpha value is -1.71. The van der Waals surface area contributed by atoms with E-state index in [1.54, 1.807) is 13.0 Å². The minimum absolute atomic E-state index is 0.0937. The SMILES string of the molecule is Cc1cc(C(=O)CC2=NCCO2)ccc1F. The summed E-state index contributed by atoms with van der Waals surface area (Å²) in [4.78, 5) is 15.8. The normalized spacial score (nSPS) is 14.5. The van der Waals surface area contributed by atoms with E-state index in [1.165, 1.54) is 12.1 Å². The summed E-state index contributed by atoms with van der Waals surface area (Å²) in [5, 5.41) is 0. The van der Waals surface area contributed by atoms with Gasteiger partial charge < -0.3 is 4.74 Å². The molecule has 0 bridgehead atoms. The molecule has 0 N–H and O–H groups in total. The number of hydrogen-bond acceptors (Lipinski definition) is 3. The van der Waals surface area contributed by atoms with E-state index >= 15 is 0 Å². The Morgan fingerprint density at radius 2 is 2.38 bits per heavy atom. The van der Waals surface area contributed by atoms with Crippen LogP contribution in [0.1, 0.15) is 22.3 Å². The highest BCUT2D eigenvalue weighted by Crippen LogP contribution is 2.12. The molecule has 84 valence electrons.